The summed E-state index contributed by atoms with van der Waals surface area (Å²) in [6.07, 6.45) is -15.1. The van der Waals surface area contributed by atoms with Gasteiger partial charge in [0.15, 0.2) is 0 Å². The van der Waals surface area contributed by atoms with Crippen LogP contribution in [0.5, 0.6) is 0 Å². The molecule has 1 unspecified atom stereocenters. The number of hydrogen-bond acceptors (Lipinski definition) is 3. The second-order valence-corrected chi connectivity index (χ2v) is 8.64. The minimum atomic E-state index is -5.70. The van der Waals surface area contributed by atoms with E-state index in [-0.39, 0.29) is 6.04 Å². The molecule has 0 rings (SSSR count). The van der Waals surface area contributed by atoms with Gasteiger partial charge in [0.1, 0.15) is 0 Å². The lowest BCUT2D eigenvalue weighted by Crippen LogP contribution is -2.44. The van der Waals surface area contributed by atoms with Crippen LogP contribution in [0.3, 0.4) is 0 Å². The van der Waals surface area contributed by atoms with Crippen molar-refractivity contribution in [3.05, 3.63) is 0 Å². The van der Waals surface area contributed by atoms with E-state index in [2.05, 4.69) is 4.74 Å². The van der Waals surface area contributed by atoms with Crippen molar-refractivity contribution in [2.45, 2.75) is 44.5 Å². The smallest absolute Gasteiger partial charge is 0.428 e. The highest BCUT2D eigenvalue weighted by molar-refractivity contribution is 6.72. The summed E-state index contributed by atoms with van der Waals surface area (Å²) in [7, 11) is -2.66. The van der Waals surface area contributed by atoms with E-state index in [4.69, 9.17) is 4.43 Å². The lowest BCUT2D eigenvalue weighted by Gasteiger charge is -2.25. The number of hydrogen-bond donors (Lipinski definition) is 0. The van der Waals surface area contributed by atoms with Gasteiger partial charge in [0.2, 0.25) is 0 Å². The standard InChI is InChI=1S/C9H14F6O3Si/c1-6(16)18-19(2,3)5-4-17-9(14,15)7(10)8(11,12)13/h7H,4-5H2,1-3H3. The Hall–Kier alpha value is -0.773. The maximum absolute atomic E-state index is 12.7. The number of carbonyl (C=O) groups is 1. The Morgan fingerprint density at radius 2 is 1.68 bits per heavy atom. The van der Waals surface area contributed by atoms with Gasteiger partial charge >= 0.3 is 12.3 Å². The lowest BCUT2D eigenvalue weighted by atomic mass is 10.3. The minimum absolute atomic E-state index is 0.174. The highest BCUT2D eigenvalue weighted by Crippen LogP contribution is 2.35. The summed E-state index contributed by atoms with van der Waals surface area (Å²) < 4.78 is 81.8. The largest absolute Gasteiger partial charge is 0.520 e. The van der Waals surface area contributed by atoms with Gasteiger partial charge in [0.25, 0.3) is 20.5 Å². The Morgan fingerprint density at radius 1 is 1.21 bits per heavy atom. The van der Waals surface area contributed by atoms with E-state index in [1.165, 1.54) is 13.1 Å². The zero-order chi connectivity index (χ0) is 15.5. The molecule has 0 aromatic heterocycles. The number of rotatable bonds is 6. The van der Waals surface area contributed by atoms with E-state index in [0.29, 0.717) is 0 Å². The first-order chi connectivity index (χ1) is 8.28. The quantitative estimate of drug-likeness (QED) is 0.558. The Morgan fingerprint density at radius 3 is 2.05 bits per heavy atom. The molecule has 0 aliphatic carbocycles. The average Bonchev–Trinajstić information content (AvgIpc) is 2.11. The van der Waals surface area contributed by atoms with Gasteiger partial charge in [-0.25, -0.2) is 4.39 Å². The van der Waals surface area contributed by atoms with E-state index in [0.717, 1.165) is 6.92 Å². The van der Waals surface area contributed by atoms with E-state index < -0.39 is 39.4 Å². The molecule has 0 fully saturated rings. The van der Waals surface area contributed by atoms with Crippen molar-refractivity contribution < 1.29 is 40.3 Å². The summed E-state index contributed by atoms with van der Waals surface area (Å²) in [5.41, 5.74) is 0. The maximum atomic E-state index is 12.7. The van der Waals surface area contributed by atoms with Gasteiger partial charge in [-0.15, -0.1) is 0 Å². The fourth-order valence-electron chi connectivity index (χ4n) is 1.14. The molecule has 0 aliphatic heterocycles. The molecular formula is C9H14F6O3Si. The Balaban J connectivity index is 4.37. The van der Waals surface area contributed by atoms with Crippen LogP contribution in [0.4, 0.5) is 26.3 Å². The predicted molar refractivity (Wildman–Crippen MR) is 55.9 cm³/mol. The summed E-state index contributed by atoms with van der Waals surface area (Å²) >= 11 is 0. The molecule has 0 amide bonds. The van der Waals surface area contributed by atoms with Crippen LogP contribution in [-0.2, 0) is 14.0 Å². The molecule has 0 saturated heterocycles. The van der Waals surface area contributed by atoms with Crippen molar-refractivity contribution in [3.63, 3.8) is 0 Å². The highest BCUT2D eigenvalue weighted by atomic mass is 28.4. The number of ether oxygens (including phenoxy) is 1. The van der Waals surface area contributed by atoms with Crippen LogP contribution in [0, 0.1) is 0 Å². The fraction of sp³-hybridized carbons (Fsp3) is 0.889. The molecule has 0 saturated carbocycles. The normalized spacial score (nSPS) is 15.2. The topological polar surface area (TPSA) is 35.5 Å². The third-order valence-corrected chi connectivity index (χ3v) is 4.25. The van der Waals surface area contributed by atoms with E-state index in [1.54, 1.807) is 0 Å². The molecule has 10 heteroatoms. The van der Waals surface area contributed by atoms with Crippen LogP contribution in [0.2, 0.25) is 19.1 Å². The van der Waals surface area contributed by atoms with E-state index in [1.807, 2.05) is 0 Å². The summed E-state index contributed by atoms with van der Waals surface area (Å²) in [5, 5.41) is 0. The van der Waals surface area contributed by atoms with Gasteiger partial charge in [0.05, 0.1) is 6.61 Å². The zero-order valence-electron chi connectivity index (χ0n) is 10.5. The molecule has 0 spiro atoms. The molecule has 0 aliphatic rings. The van der Waals surface area contributed by atoms with Crippen molar-refractivity contribution in [1.82, 2.24) is 0 Å². The van der Waals surface area contributed by atoms with E-state index >= 15 is 0 Å². The van der Waals surface area contributed by atoms with Gasteiger partial charge in [0, 0.05) is 13.0 Å². The SMILES string of the molecule is CC(=O)O[Si](C)(C)CCOC(F)(F)C(F)C(F)(F)F. The first-order valence-electron chi connectivity index (χ1n) is 5.20. The molecule has 1 atom stereocenters. The van der Waals surface area contributed by atoms with Crippen molar-refractivity contribution in [1.29, 1.82) is 0 Å². The second kappa shape index (κ2) is 6.12. The summed E-state index contributed by atoms with van der Waals surface area (Å²) in [5.74, 6) is -0.623. The number of halogens is 6. The molecule has 19 heavy (non-hydrogen) atoms. The first kappa shape index (κ1) is 18.2. The van der Waals surface area contributed by atoms with E-state index in [9.17, 15) is 31.1 Å². The van der Waals surface area contributed by atoms with Gasteiger partial charge in [-0.1, -0.05) is 0 Å². The number of carbonyl (C=O) groups excluding carboxylic acids is 1. The molecule has 3 nitrogen and oxygen atoms in total. The van der Waals surface area contributed by atoms with Crippen LogP contribution < -0.4 is 0 Å². The summed E-state index contributed by atoms with van der Waals surface area (Å²) in [6.45, 7) is 3.26. The Bertz CT molecular complexity index is 318. The van der Waals surface area contributed by atoms with Gasteiger partial charge in [-0.05, 0) is 13.1 Å². The first-order valence-corrected chi connectivity index (χ1v) is 8.31. The third kappa shape index (κ3) is 6.81. The predicted octanol–water partition coefficient (Wildman–Crippen LogP) is 3.26. The van der Waals surface area contributed by atoms with Crippen LogP contribution in [0.25, 0.3) is 0 Å². The molecule has 0 bridgehead atoms. The molecule has 114 valence electrons. The fourth-order valence-corrected chi connectivity index (χ4v) is 2.61. The van der Waals surface area contributed by atoms with Gasteiger partial charge < -0.3 is 9.16 Å². The molecule has 0 aromatic carbocycles. The van der Waals surface area contributed by atoms with Crippen molar-refractivity contribution >= 4 is 14.3 Å². The van der Waals surface area contributed by atoms with Crippen LogP contribution in [0.1, 0.15) is 6.92 Å². The molecule has 0 radical (unpaired) electrons. The highest BCUT2D eigenvalue weighted by Gasteiger charge is 2.58. The van der Waals surface area contributed by atoms with Gasteiger partial charge in [-0.2, -0.15) is 22.0 Å². The summed E-state index contributed by atoms with van der Waals surface area (Å²) in [6, 6.07) is -0.174. The van der Waals surface area contributed by atoms with Crippen molar-refractivity contribution in [2.24, 2.45) is 0 Å². The second-order valence-electron chi connectivity index (χ2n) is 4.42. The average molecular weight is 312 g/mol. The molecule has 0 N–H and O–H groups in total. The minimum Gasteiger partial charge on any atom is -0.520 e. The van der Waals surface area contributed by atoms with Gasteiger partial charge in [-0.3, -0.25) is 4.79 Å². The Kier molecular flexibility index (Phi) is 5.87. The monoisotopic (exact) mass is 312 g/mol. The van der Waals surface area contributed by atoms with Crippen LogP contribution in [0.15, 0.2) is 0 Å². The van der Waals surface area contributed by atoms with Crippen molar-refractivity contribution in [2.75, 3.05) is 6.61 Å². The maximum Gasteiger partial charge on any atom is 0.428 e. The Labute approximate surface area is 107 Å². The van der Waals surface area contributed by atoms with Crippen LogP contribution >= 0.6 is 0 Å². The third-order valence-electron chi connectivity index (χ3n) is 2.00. The summed E-state index contributed by atoms with van der Waals surface area (Å²) in [4.78, 5) is 10.7. The lowest BCUT2D eigenvalue weighted by molar-refractivity contribution is -0.334. The van der Waals surface area contributed by atoms with Crippen molar-refractivity contribution in [3.8, 4) is 0 Å². The molecule has 0 aromatic rings. The molecular weight excluding hydrogens is 298 g/mol. The zero-order valence-corrected chi connectivity index (χ0v) is 11.5. The van der Waals surface area contributed by atoms with Crippen LogP contribution in [-0.4, -0.2) is 39.4 Å². The number of alkyl halides is 6. The molecule has 0 heterocycles.